The first kappa shape index (κ1) is 30.3. The van der Waals surface area contributed by atoms with Gasteiger partial charge in [-0.2, -0.15) is 0 Å². The van der Waals surface area contributed by atoms with Crippen molar-refractivity contribution in [2.45, 2.75) is 63.7 Å². The molecule has 5 atom stereocenters. The molecule has 0 saturated heterocycles. The highest BCUT2D eigenvalue weighted by Gasteiger charge is 2.31. The summed E-state index contributed by atoms with van der Waals surface area (Å²) in [6, 6.07) is 0.560. The maximum atomic E-state index is 13.2. The van der Waals surface area contributed by atoms with E-state index in [2.05, 4.69) is 10.6 Å². The number of nitrogens with one attached hydrogen (secondary N) is 3. The number of aliphatic carboxylic acids is 2. The van der Waals surface area contributed by atoms with Gasteiger partial charge >= 0.3 is 11.9 Å². The molecule has 0 bridgehead atoms. The highest BCUT2D eigenvalue weighted by Crippen LogP contribution is 2.13. The molecular formula is C23H34N4O9. The molecule has 5 unspecified atom stereocenters. The highest BCUT2D eigenvalue weighted by atomic mass is 16.4. The Morgan fingerprint density at radius 3 is 1.92 bits per heavy atom. The van der Waals surface area contributed by atoms with E-state index in [-0.39, 0.29) is 24.5 Å². The van der Waals surface area contributed by atoms with Crippen molar-refractivity contribution >= 4 is 29.7 Å². The van der Waals surface area contributed by atoms with E-state index >= 15 is 0 Å². The molecule has 0 saturated carbocycles. The summed E-state index contributed by atoms with van der Waals surface area (Å²) < 4.78 is 0. The van der Waals surface area contributed by atoms with Crippen LogP contribution in [0.2, 0.25) is 0 Å². The number of phenols is 1. The average molecular weight is 511 g/mol. The molecule has 0 radical (unpaired) electrons. The number of aliphatic hydroxyl groups is 1. The zero-order valence-electron chi connectivity index (χ0n) is 20.1. The van der Waals surface area contributed by atoms with E-state index in [1.54, 1.807) is 6.92 Å². The zero-order chi connectivity index (χ0) is 27.4. The summed E-state index contributed by atoms with van der Waals surface area (Å²) in [5.41, 5.74) is 6.53. The van der Waals surface area contributed by atoms with E-state index in [4.69, 9.17) is 21.1 Å². The summed E-state index contributed by atoms with van der Waals surface area (Å²) in [5, 5.41) is 43.7. The molecule has 0 fully saturated rings. The Hall–Kier alpha value is -3.71. The molecule has 0 heterocycles. The van der Waals surface area contributed by atoms with Gasteiger partial charge in [-0.15, -0.1) is 0 Å². The molecule has 0 aliphatic carbocycles. The van der Waals surface area contributed by atoms with Gasteiger partial charge in [-0.3, -0.25) is 19.2 Å². The van der Waals surface area contributed by atoms with Crippen LogP contribution in [0.4, 0.5) is 0 Å². The van der Waals surface area contributed by atoms with E-state index in [9.17, 15) is 29.1 Å². The molecule has 13 heteroatoms. The average Bonchev–Trinajstić information content (AvgIpc) is 2.84. The fourth-order valence-electron chi connectivity index (χ4n) is 3.12. The molecule has 13 nitrogen and oxygen atoms in total. The second-order valence-electron chi connectivity index (χ2n) is 8.42. The van der Waals surface area contributed by atoms with Gasteiger partial charge < -0.3 is 42.1 Å². The van der Waals surface area contributed by atoms with Crippen LogP contribution in [0.1, 0.15) is 38.7 Å². The maximum Gasteiger partial charge on any atom is 0.328 e. The van der Waals surface area contributed by atoms with Crippen molar-refractivity contribution in [1.82, 2.24) is 16.0 Å². The topological polar surface area (TPSA) is 228 Å². The van der Waals surface area contributed by atoms with Gasteiger partial charge in [0.25, 0.3) is 0 Å². The van der Waals surface area contributed by atoms with Crippen molar-refractivity contribution in [2.24, 2.45) is 11.7 Å². The molecule has 0 spiro atoms. The fourth-order valence-corrected chi connectivity index (χ4v) is 3.12. The molecule has 3 amide bonds. The number of hydrogen-bond acceptors (Lipinski definition) is 8. The van der Waals surface area contributed by atoms with Crippen molar-refractivity contribution in [3.63, 3.8) is 0 Å². The summed E-state index contributed by atoms with van der Waals surface area (Å²) in [6.07, 6.45) is -0.344. The smallest absolute Gasteiger partial charge is 0.328 e. The number of phenolic OH excluding ortho intramolecular Hbond substituents is 1. The first-order valence-electron chi connectivity index (χ1n) is 11.4. The molecule has 0 aliphatic rings. The van der Waals surface area contributed by atoms with Gasteiger partial charge in [-0.25, -0.2) is 4.79 Å². The van der Waals surface area contributed by atoms with Gasteiger partial charge in [0.15, 0.2) is 0 Å². The number of aromatic hydroxyl groups is 1. The molecule has 1 aromatic rings. The first-order valence-corrected chi connectivity index (χ1v) is 11.4. The third-order valence-corrected chi connectivity index (χ3v) is 5.65. The summed E-state index contributed by atoms with van der Waals surface area (Å²) in [4.78, 5) is 60.6. The Morgan fingerprint density at radius 2 is 1.42 bits per heavy atom. The molecule has 36 heavy (non-hydrogen) atoms. The second kappa shape index (κ2) is 14.6. The van der Waals surface area contributed by atoms with Crippen molar-refractivity contribution in [3.05, 3.63) is 29.8 Å². The normalized spacial score (nSPS) is 15.0. The molecule has 0 aliphatic heterocycles. The first-order chi connectivity index (χ1) is 16.9. The number of carboxylic acids is 2. The molecule has 200 valence electrons. The number of hydrogen-bond donors (Lipinski definition) is 8. The van der Waals surface area contributed by atoms with Crippen molar-refractivity contribution in [2.75, 3.05) is 6.61 Å². The van der Waals surface area contributed by atoms with Crippen molar-refractivity contribution in [3.8, 4) is 5.75 Å². The van der Waals surface area contributed by atoms with E-state index < -0.39 is 66.9 Å². The maximum absolute atomic E-state index is 13.2. The van der Waals surface area contributed by atoms with Gasteiger partial charge in [0, 0.05) is 12.8 Å². The Morgan fingerprint density at radius 1 is 0.889 bits per heavy atom. The number of carbonyl (C=O) groups excluding carboxylic acids is 3. The van der Waals surface area contributed by atoms with E-state index in [0.29, 0.717) is 12.0 Å². The lowest BCUT2D eigenvalue weighted by atomic mass is 9.98. The third-order valence-electron chi connectivity index (χ3n) is 5.65. The monoisotopic (exact) mass is 510 g/mol. The van der Waals surface area contributed by atoms with Gasteiger partial charge in [0.1, 0.15) is 23.9 Å². The number of carboxylic acid groups (broad SMARTS) is 2. The minimum Gasteiger partial charge on any atom is -0.508 e. The van der Waals surface area contributed by atoms with Crippen LogP contribution in [0.3, 0.4) is 0 Å². The molecular weight excluding hydrogens is 476 g/mol. The van der Waals surface area contributed by atoms with Crippen LogP contribution in [0.5, 0.6) is 5.75 Å². The van der Waals surface area contributed by atoms with Crippen LogP contribution in [0, 0.1) is 5.92 Å². The van der Waals surface area contributed by atoms with Crippen LogP contribution >= 0.6 is 0 Å². The molecule has 1 rings (SSSR count). The van der Waals surface area contributed by atoms with Crippen LogP contribution in [0.25, 0.3) is 0 Å². The standard InChI is InChI=1S/C23H34N4O9/c1-3-12(2)19(24)22(34)26-16(10-13-4-6-14(29)7-5-13)21(33)25-15(8-9-18(30)31)20(32)27-17(11-28)23(35)36/h4-7,12,15-17,19,28-29H,3,8-11,24H2,1-2H3,(H,25,33)(H,26,34)(H,27,32)(H,30,31)(H,35,36). The van der Waals surface area contributed by atoms with Gasteiger partial charge in [0.2, 0.25) is 17.7 Å². The fraction of sp³-hybridized carbons (Fsp3) is 0.522. The number of carbonyl (C=O) groups is 5. The summed E-state index contributed by atoms with van der Waals surface area (Å²) in [5.74, 6) is -5.45. The Kier molecular flexibility index (Phi) is 12.3. The number of amides is 3. The lowest BCUT2D eigenvalue weighted by Crippen LogP contribution is -2.58. The Labute approximate surface area is 208 Å². The van der Waals surface area contributed by atoms with E-state index in [0.717, 1.165) is 0 Å². The minimum atomic E-state index is -1.66. The summed E-state index contributed by atoms with van der Waals surface area (Å²) in [7, 11) is 0. The molecule has 1 aromatic carbocycles. The van der Waals surface area contributed by atoms with Crippen LogP contribution in [-0.2, 0) is 30.4 Å². The predicted octanol–water partition coefficient (Wildman–Crippen LogP) is -1.30. The largest absolute Gasteiger partial charge is 0.508 e. The van der Waals surface area contributed by atoms with Gasteiger partial charge in [-0.05, 0) is 30.0 Å². The highest BCUT2D eigenvalue weighted by molar-refractivity contribution is 5.94. The van der Waals surface area contributed by atoms with Gasteiger partial charge in [-0.1, -0.05) is 32.4 Å². The van der Waals surface area contributed by atoms with Crippen molar-refractivity contribution < 1.29 is 44.4 Å². The number of rotatable bonds is 15. The van der Waals surface area contributed by atoms with E-state index in [1.165, 1.54) is 24.3 Å². The lowest BCUT2D eigenvalue weighted by Gasteiger charge is -2.26. The summed E-state index contributed by atoms with van der Waals surface area (Å²) >= 11 is 0. The van der Waals surface area contributed by atoms with Crippen LogP contribution in [0.15, 0.2) is 24.3 Å². The van der Waals surface area contributed by atoms with Crippen LogP contribution in [-0.4, -0.2) is 80.9 Å². The quantitative estimate of drug-likeness (QED) is 0.139. The van der Waals surface area contributed by atoms with E-state index in [1.807, 2.05) is 12.2 Å². The lowest BCUT2D eigenvalue weighted by molar-refractivity contribution is -0.144. The summed E-state index contributed by atoms with van der Waals surface area (Å²) in [6.45, 7) is 2.69. The Balaban J connectivity index is 3.16. The number of nitrogens with two attached hydrogens (primary N) is 1. The van der Waals surface area contributed by atoms with Crippen LogP contribution < -0.4 is 21.7 Å². The predicted molar refractivity (Wildman–Crippen MR) is 127 cm³/mol. The zero-order valence-corrected chi connectivity index (χ0v) is 20.1. The van der Waals surface area contributed by atoms with Crippen molar-refractivity contribution in [1.29, 1.82) is 0 Å². The second-order valence-corrected chi connectivity index (χ2v) is 8.42. The number of aliphatic hydroxyl groups excluding tert-OH is 1. The number of benzene rings is 1. The Bertz CT molecular complexity index is 923. The minimum absolute atomic E-state index is 0.00939. The third kappa shape index (κ3) is 9.88. The SMILES string of the molecule is CCC(C)C(N)C(=O)NC(Cc1ccc(O)cc1)C(=O)NC(CCC(=O)O)C(=O)NC(CO)C(=O)O. The van der Waals surface area contributed by atoms with Gasteiger partial charge in [0.05, 0.1) is 12.6 Å². The molecule has 0 aromatic heterocycles. The molecule has 9 N–H and O–H groups in total.